The average Bonchev–Trinajstić information content (AvgIpc) is 3.08. The Morgan fingerprint density at radius 2 is 2.22 bits per heavy atom. The summed E-state index contributed by atoms with van der Waals surface area (Å²) in [6.07, 6.45) is 2.44. The lowest BCUT2D eigenvalue weighted by atomic mass is 10.1. The average molecular weight is 260 g/mol. The molecule has 0 N–H and O–H groups in total. The second kappa shape index (κ2) is 4.17. The first-order valence-corrected chi connectivity index (χ1v) is 6.74. The molecule has 3 rings (SSSR count). The Morgan fingerprint density at radius 1 is 1.44 bits per heavy atom. The van der Waals surface area contributed by atoms with Crippen LogP contribution >= 0.6 is 11.3 Å². The molecule has 1 aromatic carbocycles. The molecule has 92 valence electrons. The summed E-state index contributed by atoms with van der Waals surface area (Å²) < 4.78 is 0. The highest BCUT2D eigenvalue weighted by Crippen LogP contribution is 2.42. The number of rotatable bonds is 3. The van der Waals surface area contributed by atoms with Crippen LogP contribution in [0, 0.1) is 17.0 Å². The molecule has 0 atom stereocenters. The van der Waals surface area contributed by atoms with E-state index in [1.54, 1.807) is 23.5 Å². The monoisotopic (exact) mass is 260 g/mol. The second-order valence-electron chi connectivity index (χ2n) is 4.61. The SMILES string of the molecule is Cc1ccc([N+](=O)[O-])cc1-c1nc(C2CC2)cs1. The third-order valence-electron chi connectivity index (χ3n) is 3.18. The molecule has 1 fully saturated rings. The molecule has 0 unspecified atom stereocenters. The van der Waals surface area contributed by atoms with E-state index in [4.69, 9.17) is 0 Å². The molecule has 0 saturated heterocycles. The lowest BCUT2D eigenvalue weighted by molar-refractivity contribution is -0.384. The molecule has 2 aromatic rings. The summed E-state index contributed by atoms with van der Waals surface area (Å²) in [6.45, 7) is 1.96. The number of nitro groups is 1. The normalized spacial score (nSPS) is 14.7. The van der Waals surface area contributed by atoms with E-state index in [0.717, 1.165) is 21.8 Å². The smallest absolute Gasteiger partial charge is 0.258 e. The fourth-order valence-electron chi connectivity index (χ4n) is 1.93. The highest BCUT2D eigenvalue weighted by Gasteiger charge is 2.26. The van der Waals surface area contributed by atoms with Crippen LogP contribution in [0.4, 0.5) is 5.69 Å². The van der Waals surface area contributed by atoms with Gasteiger partial charge in [-0.2, -0.15) is 0 Å². The first kappa shape index (κ1) is 11.3. The number of nitro benzene ring substituents is 1. The molecular formula is C13H12N2O2S. The highest BCUT2D eigenvalue weighted by atomic mass is 32.1. The summed E-state index contributed by atoms with van der Waals surface area (Å²) in [5.41, 5.74) is 3.16. The van der Waals surface area contributed by atoms with E-state index in [1.807, 2.05) is 6.92 Å². The second-order valence-corrected chi connectivity index (χ2v) is 5.47. The number of thiazole rings is 1. The van der Waals surface area contributed by atoms with Crippen LogP contribution < -0.4 is 0 Å². The number of nitrogens with zero attached hydrogens (tertiary/aromatic N) is 2. The van der Waals surface area contributed by atoms with Gasteiger partial charge in [0.05, 0.1) is 10.6 Å². The van der Waals surface area contributed by atoms with E-state index >= 15 is 0 Å². The lowest BCUT2D eigenvalue weighted by Crippen LogP contribution is -1.90. The number of benzene rings is 1. The van der Waals surface area contributed by atoms with Crippen molar-refractivity contribution in [3.05, 3.63) is 45.0 Å². The van der Waals surface area contributed by atoms with E-state index in [0.29, 0.717) is 5.92 Å². The molecule has 5 heteroatoms. The zero-order chi connectivity index (χ0) is 12.7. The van der Waals surface area contributed by atoms with Gasteiger partial charge in [-0.05, 0) is 25.3 Å². The number of non-ortho nitro benzene ring substituents is 1. The quantitative estimate of drug-likeness (QED) is 0.621. The minimum atomic E-state index is -0.363. The van der Waals surface area contributed by atoms with Crippen molar-refractivity contribution >= 4 is 17.0 Å². The van der Waals surface area contributed by atoms with Crippen molar-refractivity contribution in [3.63, 3.8) is 0 Å². The minimum Gasteiger partial charge on any atom is -0.258 e. The Labute approximate surface area is 108 Å². The molecular weight excluding hydrogens is 248 g/mol. The van der Waals surface area contributed by atoms with Gasteiger partial charge in [0.15, 0.2) is 0 Å². The van der Waals surface area contributed by atoms with Gasteiger partial charge in [0.25, 0.3) is 5.69 Å². The summed E-state index contributed by atoms with van der Waals surface area (Å²) in [6, 6.07) is 4.94. The number of hydrogen-bond donors (Lipinski definition) is 0. The number of aromatic nitrogens is 1. The minimum absolute atomic E-state index is 0.124. The van der Waals surface area contributed by atoms with Crippen LogP contribution in [0.1, 0.15) is 30.0 Å². The van der Waals surface area contributed by atoms with Crippen molar-refractivity contribution in [2.45, 2.75) is 25.7 Å². The van der Waals surface area contributed by atoms with Crippen molar-refractivity contribution in [2.24, 2.45) is 0 Å². The van der Waals surface area contributed by atoms with E-state index in [2.05, 4.69) is 10.4 Å². The van der Waals surface area contributed by atoms with Gasteiger partial charge in [0.2, 0.25) is 0 Å². The Kier molecular flexibility index (Phi) is 2.63. The van der Waals surface area contributed by atoms with Crippen molar-refractivity contribution < 1.29 is 4.92 Å². The Bertz CT molecular complexity index is 617. The number of hydrogen-bond acceptors (Lipinski definition) is 4. The van der Waals surface area contributed by atoms with Gasteiger partial charge in [0.1, 0.15) is 5.01 Å². The molecule has 0 spiro atoms. The highest BCUT2D eigenvalue weighted by molar-refractivity contribution is 7.13. The zero-order valence-corrected chi connectivity index (χ0v) is 10.7. The van der Waals surface area contributed by atoms with Gasteiger partial charge in [-0.25, -0.2) is 4.98 Å². The van der Waals surface area contributed by atoms with Gasteiger partial charge >= 0.3 is 0 Å². The first-order chi connectivity index (χ1) is 8.65. The number of aryl methyl sites for hydroxylation is 1. The van der Waals surface area contributed by atoms with E-state index in [-0.39, 0.29) is 10.6 Å². The van der Waals surface area contributed by atoms with Crippen molar-refractivity contribution in [1.82, 2.24) is 4.98 Å². The predicted octanol–water partition coefficient (Wildman–Crippen LogP) is 3.90. The summed E-state index contributed by atoms with van der Waals surface area (Å²) in [4.78, 5) is 15.0. The maximum Gasteiger partial charge on any atom is 0.270 e. The van der Waals surface area contributed by atoms with Crippen LogP contribution in [0.25, 0.3) is 10.6 Å². The van der Waals surface area contributed by atoms with Crippen LogP contribution in [0.15, 0.2) is 23.6 Å². The molecule has 0 amide bonds. The van der Waals surface area contributed by atoms with Gasteiger partial charge in [-0.3, -0.25) is 10.1 Å². The molecule has 1 aromatic heterocycles. The maximum absolute atomic E-state index is 10.8. The summed E-state index contributed by atoms with van der Waals surface area (Å²) >= 11 is 1.57. The Balaban J connectivity index is 2.03. The molecule has 1 aliphatic rings. The maximum atomic E-state index is 10.8. The molecule has 4 nitrogen and oxygen atoms in total. The van der Waals surface area contributed by atoms with E-state index in [9.17, 15) is 10.1 Å². The fraction of sp³-hybridized carbons (Fsp3) is 0.308. The van der Waals surface area contributed by atoms with E-state index < -0.39 is 0 Å². The van der Waals surface area contributed by atoms with Gasteiger partial charge < -0.3 is 0 Å². The molecule has 18 heavy (non-hydrogen) atoms. The van der Waals surface area contributed by atoms with Crippen molar-refractivity contribution in [2.75, 3.05) is 0 Å². The van der Waals surface area contributed by atoms with Crippen LogP contribution in [0.5, 0.6) is 0 Å². The Hall–Kier alpha value is -1.75. The van der Waals surface area contributed by atoms with Crippen LogP contribution in [0.2, 0.25) is 0 Å². The standard InChI is InChI=1S/C13H12N2O2S/c1-8-2-5-10(15(16)17)6-11(8)13-14-12(7-18-13)9-3-4-9/h2,5-7,9H,3-4H2,1H3. The fourth-order valence-corrected chi connectivity index (χ4v) is 2.91. The molecule has 0 radical (unpaired) electrons. The van der Waals surface area contributed by atoms with Gasteiger partial charge in [-0.1, -0.05) is 6.07 Å². The molecule has 0 aliphatic heterocycles. The topological polar surface area (TPSA) is 56.0 Å². The summed E-state index contributed by atoms with van der Waals surface area (Å²) in [5, 5.41) is 13.8. The largest absolute Gasteiger partial charge is 0.270 e. The third kappa shape index (κ3) is 2.01. The molecule has 1 aliphatic carbocycles. The third-order valence-corrected chi connectivity index (χ3v) is 4.07. The molecule has 1 heterocycles. The zero-order valence-electron chi connectivity index (χ0n) is 9.92. The van der Waals surface area contributed by atoms with Crippen LogP contribution in [-0.4, -0.2) is 9.91 Å². The summed E-state index contributed by atoms with van der Waals surface area (Å²) in [7, 11) is 0. The van der Waals surface area contributed by atoms with Crippen molar-refractivity contribution in [1.29, 1.82) is 0 Å². The van der Waals surface area contributed by atoms with Gasteiger partial charge in [0, 0.05) is 29.0 Å². The summed E-state index contributed by atoms with van der Waals surface area (Å²) in [5.74, 6) is 0.619. The Morgan fingerprint density at radius 3 is 2.89 bits per heavy atom. The van der Waals surface area contributed by atoms with Crippen LogP contribution in [-0.2, 0) is 0 Å². The molecule has 1 saturated carbocycles. The van der Waals surface area contributed by atoms with Gasteiger partial charge in [-0.15, -0.1) is 11.3 Å². The van der Waals surface area contributed by atoms with E-state index in [1.165, 1.54) is 18.9 Å². The van der Waals surface area contributed by atoms with Crippen LogP contribution in [0.3, 0.4) is 0 Å². The first-order valence-electron chi connectivity index (χ1n) is 5.86. The van der Waals surface area contributed by atoms with Crippen molar-refractivity contribution in [3.8, 4) is 10.6 Å². The predicted molar refractivity (Wildman–Crippen MR) is 70.9 cm³/mol. The molecule has 0 bridgehead atoms. The lowest BCUT2D eigenvalue weighted by Gasteiger charge is -2.01.